The number of fused-ring (bicyclic) bond motifs is 1. The first-order valence-corrected chi connectivity index (χ1v) is 8.00. The molecule has 8 nitrogen and oxygen atoms in total. The Morgan fingerprint density at radius 3 is 2.65 bits per heavy atom. The van der Waals surface area contributed by atoms with Crippen molar-refractivity contribution in [3.05, 3.63) is 58.5 Å². The number of carbonyl (C=O) groups is 2. The molecule has 0 aliphatic heterocycles. The molecule has 2 aromatic carbocycles. The van der Waals surface area contributed by atoms with E-state index in [2.05, 4.69) is 20.6 Å². The molecule has 4 N–H and O–H groups in total. The van der Waals surface area contributed by atoms with Gasteiger partial charge in [-0.05, 0) is 30.3 Å². The molecule has 0 unspecified atom stereocenters. The Kier molecular flexibility index (Phi) is 5.02. The zero-order chi connectivity index (χ0) is 18.5. The van der Waals surface area contributed by atoms with E-state index in [1.165, 1.54) is 7.11 Å². The molecule has 0 spiro atoms. The maximum atomic E-state index is 12.2. The zero-order valence-corrected chi connectivity index (χ0v) is 14.1. The van der Waals surface area contributed by atoms with Gasteiger partial charge in [-0.1, -0.05) is 12.1 Å². The molecule has 1 aromatic heterocycles. The Hall–Kier alpha value is -3.55. The first-order chi connectivity index (χ1) is 12.6. The van der Waals surface area contributed by atoms with Gasteiger partial charge in [-0.15, -0.1) is 0 Å². The zero-order valence-electron chi connectivity index (χ0n) is 14.1. The minimum atomic E-state index is -0.304. The monoisotopic (exact) mass is 354 g/mol. The lowest BCUT2D eigenvalue weighted by molar-refractivity contribution is -0.116. The lowest BCUT2D eigenvalue weighted by atomic mass is 10.2. The highest BCUT2D eigenvalue weighted by Crippen LogP contribution is 2.17. The second-order valence-corrected chi connectivity index (χ2v) is 5.59. The molecule has 0 bridgehead atoms. The van der Waals surface area contributed by atoms with Crippen molar-refractivity contribution in [2.24, 2.45) is 0 Å². The molecule has 0 aliphatic carbocycles. The summed E-state index contributed by atoms with van der Waals surface area (Å²) in [6, 6.07) is 11.9. The fourth-order valence-electron chi connectivity index (χ4n) is 2.55. The highest BCUT2D eigenvalue weighted by Gasteiger charge is 2.11. The molecule has 8 heteroatoms. The average Bonchev–Trinajstić information content (AvgIpc) is 3.00. The summed E-state index contributed by atoms with van der Waals surface area (Å²) in [5.41, 5.74) is 1.95. The summed E-state index contributed by atoms with van der Waals surface area (Å²) in [5.74, 6) is -0.0765. The van der Waals surface area contributed by atoms with Crippen molar-refractivity contribution in [2.45, 2.75) is 6.42 Å². The number of benzene rings is 2. The molecule has 0 saturated heterocycles. The lowest BCUT2D eigenvalue weighted by Crippen LogP contribution is -2.28. The van der Waals surface area contributed by atoms with Crippen molar-refractivity contribution in [3.63, 3.8) is 0 Å². The van der Waals surface area contributed by atoms with Crippen LogP contribution >= 0.6 is 0 Å². The summed E-state index contributed by atoms with van der Waals surface area (Å²) >= 11 is 0. The van der Waals surface area contributed by atoms with E-state index in [4.69, 9.17) is 4.74 Å². The van der Waals surface area contributed by atoms with Gasteiger partial charge in [0.2, 0.25) is 5.91 Å². The number of anilines is 1. The van der Waals surface area contributed by atoms with Gasteiger partial charge in [0.25, 0.3) is 5.91 Å². The number of methoxy groups -OCH3 is 1. The van der Waals surface area contributed by atoms with Crippen molar-refractivity contribution >= 4 is 28.5 Å². The van der Waals surface area contributed by atoms with Crippen LogP contribution in [0.4, 0.5) is 5.69 Å². The minimum Gasteiger partial charge on any atom is -0.496 e. The van der Waals surface area contributed by atoms with Crippen molar-refractivity contribution in [2.75, 3.05) is 19.0 Å². The number of nitrogens with one attached hydrogen (secondary N) is 4. The van der Waals surface area contributed by atoms with Crippen LogP contribution in [0.5, 0.6) is 5.75 Å². The minimum absolute atomic E-state index is 0.114. The van der Waals surface area contributed by atoms with Gasteiger partial charge in [0, 0.05) is 18.7 Å². The quantitative estimate of drug-likeness (QED) is 0.538. The molecule has 0 atom stereocenters. The molecular weight excluding hydrogens is 336 g/mol. The SMILES string of the molecule is COc1ccccc1C(=O)NCCC(=O)Nc1ccc2[nH]c(=O)[nH]c2c1. The van der Waals surface area contributed by atoms with Gasteiger partial charge < -0.3 is 25.3 Å². The molecule has 0 radical (unpaired) electrons. The second kappa shape index (κ2) is 7.56. The second-order valence-electron chi connectivity index (χ2n) is 5.59. The van der Waals surface area contributed by atoms with Gasteiger partial charge in [-0.25, -0.2) is 4.79 Å². The van der Waals surface area contributed by atoms with Crippen LogP contribution in [0.2, 0.25) is 0 Å². The summed E-state index contributed by atoms with van der Waals surface area (Å²) in [6.45, 7) is 0.186. The van der Waals surface area contributed by atoms with E-state index in [0.29, 0.717) is 28.0 Å². The maximum absolute atomic E-state index is 12.2. The topological polar surface area (TPSA) is 116 Å². The average molecular weight is 354 g/mol. The van der Waals surface area contributed by atoms with Crippen LogP contribution < -0.4 is 21.1 Å². The first kappa shape index (κ1) is 17.3. The molecule has 3 rings (SSSR count). The molecule has 3 aromatic rings. The maximum Gasteiger partial charge on any atom is 0.323 e. The van der Waals surface area contributed by atoms with E-state index < -0.39 is 0 Å². The van der Waals surface area contributed by atoms with Crippen LogP contribution in [-0.2, 0) is 4.79 Å². The van der Waals surface area contributed by atoms with Gasteiger partial charge in [0.05, 0.1) is 23.7 Å². The molecule has 1 heterocycles. The molecular formula is C18H18N4O4. The summed E-state index contributed by atoms with van der Waals surface area (Å²) in [7, 11) is 1.49. The van der Waals surface area contributed by atoms with Gasteiger partial charge >= 0.3 is 5.69 Å². The largest absolute Gasteiger partial charge is 0.496 e. The Morgan fingerprint density at radius 1 is 1.08 bits per heavy atom. The standard InChI is InChI=1S/C18H18N4O4/c1-26-15-5-3-2-4-12(15)17(24)19-9-8-16(23)20-11-6-7-13-14(10-11)22-18(25)21-13/h2-7,10H,8-9H2,1H3,(H,19,24)(H,20,23)(H2,21,22,25). The molecule has 26 heavy (non-hydrogen) atoms. The van der Waals surface area contributed by atoms with Gasteiger partial charge in [0.1, 0.15) is 5.75 Å². The van der Waals surface area contributed by atoms with Crippen molar-refractivity contribution in [1.29, 1.82) is 0 Å². The van der Waals surface area contributed by atoms with E-state index in [1.54, 1.807) is 42.5 Å². The number of amides is 2. The number of ether oxygens (including phenoxy) is 1. The third-order valence-corrected chi connectivity index (χ3v) is 3.79. The number of imidazole rings is 1. The fourth-order valence-corrected chi connectivity index (χ4v) is 2.55. The number of hydrogen-bond donors (Lipinski definition) is 4. The van der Waals surface area contributed by atoms with Crippen LogP contribution in [0.3, 0.4) is 0 Å². The Balaban J connectivity index is 1.53. The highest BCUT2D eigenvalue weighted by molar-refractivity contribution is 5.97. The molecule has 0 fully saturated rings. The highest BCUT2D eigenvalue weighted by atomic mass is 16.5. The molecule has 134 valence electrons. The third-order valence-electron chi connectivity index (χ3n) is 3.79. The Bertz CT molecular complexity index is 1010. The van der Waals surface area contributed by atoms with Gasteiger partial charge in [-0.2, -0.15) is 0 Å². The third kappa shape index (κ3) is 3.92. The van der Waals surface area contributed by atoms with E-state index in [1.807, 2.05) is 0 Å². The number of rotatable bonds is 6. The number of aromatic amines is 2. The van der Waals surface area contributed by atoms with Crippen molar-refractivity contribution in [1.82, 2.24) is 15.3 Å². The Labute approximate surface area is 148 Å². The molecule has 0 aliphatic rings. The smallest absolute Gasteiger partial charge is 0.323 e. The van der Waals surface area contributed by atoms with Crippen LogP contribution in [0.25, 0.3) is 11.0 Å². The number of carbonyl (C=O) groups excluding carboxylic acids is 2. The number of H-pyrrole nitrogens is 2. The molecule has 2 amide bonds. The van der Waals surface area contributed by atoms with E-state index >= 15 is 0 Å². The summed E-state index contributed by atoms with van der Waals surface area (Å²) in [6.07, 6.45) is 0.114. The number of aromatic nitrogens is 2. The summed E-state index contributed by atoms with van der Waals surface area (Å²) in [5, 5.41) is 5.42. The number of hydrogen-bond acceptors (Lipinski definition) is 4. The summed E-state index contributed by atoms with van der Waals surface area (Å²) in [4.78, 5) is 40.7. The van der Waals surface area contributed by atoms with Crippen LogP contribution in [0.15, 0.2) is 47.3 Å². The lowest BCUT2D eigenvalue weighted by Gasteiger charge is -2.09. The van der Waals surface area contributed by atoms with Crippen LogP contribution in [0.1, 0.15) is 16.8 Å². The van der Waals surface area contributed by atoms with Crippen LogP contribution in [-0.4, -0.2) is 35.4 Å². The predicted octanol–water partition coefficient (Wildman–Crippen LogP) is 1.62. The molecule has 0 saturated carbocycles. The van der Waals surface area contributed by atoms with Crippen molar-refractivity contribution in [3.8, 4) is 5.75 Å². The predicted molar refractivity (Wildman–Crippen MR) is 97.5 cm³/mol. The fraction of sp³-hybridized carbons (Fsp3) is 0.167. The number of para-hydroxylation sites is 1. The van der Waals surface area contributed by atoms with E-state index in [9.17, 15) is 14.4 Å². The van der Waals surface area contributed by atoms with Gasteiger partial charge in [0.15, 0.2) is 0 Å². The Morgan fingerprint density at radius 2 is 1.85 bits per heavy atom. The first-order valence-electron chi connectivity index (χ1n) is 8.00. The normalized spacial score (nSPS) is 10.5. The van der Waals surface area contributed by atoms with Crippen molar-refractivity contribution < 1.29 is 14.3 Å². The van der Waals surface area contributed by atoms with Gasteiger partial charge in [-0.3, -0.25) is 9.59 Å². The van der Waals surface area contributed by atoms with E-state index in [0.717, 1.165) is 0 Å². The summed E-state index contributed by atoms with van der Waals surface area (Å²) < 4.78 is 5.14. The van der Waals surface area contributed by atoms with E-state index in [-0.39, 0.29) is 30.5 Å². The van der Waals surface area contributed by atoms with Crippen LogP contribution in [0, 0.1) is 0 Å².